The van der Waals surface area contributed by atoms with Crippen LogP contribution in [-0.2, 0) is 0 Å². The number of nitrogens with zero attached hydrogens (tertiary/aromatic N) is 6. The maximum atomic E-state index is 5.35. The van der Waals surface area contributed by atoms with E-state index in [1.54, 1.807) is 6.20 Å². The van der Waals surface area contributed by atoms with Crippen LogP contribution >= 0.6 is 0 Å². The van der Waals surface area contributed by atoms with E-state index in [0.717, 1.165) is 101 Å². The van der Waals surface area contributed by atoms with Crippen molar-refractivity contribution >= 4 is 0 Å². The van der Waals surface area contributed by atoms with Crippen molar-refractivity contribution in [3.05, 3.63) is 243 Å². The van der Waals surface area contributed by atoms with Crippen LogP contribution in [0.4, 0.5) is 0 Å². The van der Waals surface area contributed by atoms with Gasteiger partial charge < -0.3 is 0 Å². The Balaban J connectivity index is 1.10. The van der Waals surface area contributed by atoms with Crippen LogP contribution in [-0.4, -0.2) is 29.9 Å². The monoisotopic (exact) mass is 844 g/mol. The van der Waals surface area contributed by atoms with Gasteiger partial charge in [-0.15, -0.1) is 0 Å². The van der Waals surface area contributed by atoms with E-state index < -0.39 is 0 Å². The molecule has 0 atom stereocenters. The van der Waals surface area contributed by atoms with E-state index in [-0.39, 0.29) is 0 Å². The molecule has 11 rings (SSSR count). The van der Waals surface area contributed by atoms with Crippen LogP contribution in [0.15, 0.2) is 243 Å². The summed E-state index contributed by atoms with van der Waals surface area (Å²) in [5.41, 5.74) is 17.0. The fraction of sp³-hybridized carbons (Fsp3) is 0. The lowest BCUT2D eigenvalue weighted by Gasteiger charge is -2.19. The second kappa shape index (κ2) is 18.0. The van der Waals surface area contributed by atoms with Crippen LogP contribution in [0.2, 0.25) is 0 Å². The number of benzene rings is 7. The third-order valence-corrected chi connectivity index (χ3v) is 11.7. The van der Waals surface area contributed by atoms with E-state index in [0.29, 0.717) is 11.6 Å². The van der Waals surface area contributed by atoms with Gasteiger partial charge >= 0.3 is 0 Å². The molecule has 4 aromatic heterocycles. The molecule has 6 nitrogen and oxygen atoms in total. The third-order valence-electron chi connectivity index (χ3n) is 11.7. The van der Waals surface area contributed by atoms with Gasteiger partial charge in [0.2, 0.25) is 0 Å². The van der Waals surface area contributed by atoms with E-state index in [1.807, 2.05) is 97.2 Å². The van der Waals surface area contributed by atoms with E-state index in [2.05, 4.69) is 140 Å². The van der Waals surface area contributed by atoms with Gasteiger partial charge in [-0.3, -0.25) is 9.97 Å². The first-order valence-corrected chi connectivity index (χ1v) is 21.9. The third kappa shape index (κ3) is 8.18. The largest absolute Gasteiger partial charge is 0.256 e. The fourth-order valence-electron chi connectivity index (χ4n) is 8.43. The number of rotatable bonds is 10. The summed E-state index contributed by atoms with van der Waals surface area (Å²) in [5, 5.41) is 0. The number of hydrogen-bond donors (Lipinski definition) is 0. The molecule has 0 aliphatic heterocycles. The van der Waals surface area contributed by atoms with Crippen LogP contribution < -0.4 is 0 Å². The zero-order chi connectivity index (χ0) is 44.1. The highest BCUT2D eigenvalue weighted by Gasteiger charge is 2.21. The van der Waals surface area contributed by atoms with Crippen LogP contribution in [0.5, 0.6) is 0 Å². The molecule has 310 valence electrons. The quantitative estimate of drug-likeness (QED) is 0.136. The van der Waals surface area contributed by atoms with Crippen molar-refractivity contribution in [3.63, 3.8) is 0 Å². The maximum Gasteiger partial charge on any atom is 0.161 e. The molecule has 0 saturated carbocycles. The summed E-state index contributed by atoms with van der Waals surface area (Å²) in [5.74, 6) is 1.25. The molecule has 0 radical (unpaired) electrons. The highest BCUT2D eigenvalue weighted by atomic mass is 14.9. The predicted molar refractivity (Wildman–Crippen MR) is 268 cm³/mol. The van der Waals surface area contributed by atoms with Crippen molar-refractivity contribution in [2.45, 2.75) is 0 Å². The van der Waals surface area contributed by atoms with Crippen molar-refractivity contribution in [3.8, 4) is 113 Å². The van der Waals surface area contributed by atoms with E-state index in [1.165, 1.54) is 0 Å². The van der Waals surface area contributed by atoms with Crippen LogP contribution in [0.1, 0.15) is 0 Å². The molecule has 0 aliphatic carbocycles. The Morgan fingerprint density at radius 3 is 1.24 bits per heavy atom. The van der Waals surface area contributed by atoms with Gasteiger partial charge in [-0.1, -0.05) is 188 Å². The number of hydrogen-bond acceptors (Lipinski definition) is 6. The molecule has 0 spiro atoms. The van der Waals surface area contributed by atoms with Gasteiger partial charge in [0.05, 0.1) is 34.2 Å². The topological polar surface area (TPSA) is 77.3 Å². The Morgan fingerprint density at radius 1 is 0.197 bits per heavy atom. The molecule has 0 amide bonds. The normalized spacial score (nSPS) is 11.0. The Kier molecular flexibility index (Phi) is 10.9. The molecule has 6 heteroatoms. The molecule has 0 aliphatic rings. The highest BCUT2D eigenvalue weighted by molar-refractivity contribution is 5.97. The minimum absolute atomic E-state index is 0.598. The summed E-state index contributed by atoms with van der Waals surface area (Å²) >= 11 is 0. The van der Waals surface area contributed by atoms with Crippen molar-refractivity contribution in [1.29, 1.82) is 0 Å². The molecule has 7 aromatic carbocycles. The standard InChI is InChI=1S/C60H40N6/c1-4-18-41(19-5-1)42-30-32-45(33-31-42)59-63-55(43-20-6-2-7-21-43)39-57(65-59)50-26-12-10-24-47(50)49-35-34-46(53-28-14-16-36-61-53)38-52(49)48-25-11-13-27-51(48)60-64-56(44-22-8-3-9-23-44)40-58(66-60)54-29-15-17-37-62-54/h1-40H. The molecule has 0 unspecified atom stereocenters. The lowest BCUT2D eigenvalue weighted by Crippen LogP contribution is -1.99. The van der Waals surface area contributed by atoms with Gasteiger partial charge in [-0.25, -0.2) is 19.9 Å². The number of pyridine rings is 2. The molecular formula is C60H40N6. The summed E-state index contributed by atoms with van der Waals surface area (Å²) in [6.07, 6.45) is 3.63. The SMILES string of the molecule is c1ccc(-c2ccc(-c3nc(-c4ccccc4)cc(-c4ccccc4-c4ccc(-c5ccccn5)cc4-c4ccccc4-c4nc(-c5ccccc5)cc(-c5ccccn5)n4)n3)cc2)cc1. The number of aromatic nitrogens is 6. The maximum absolute atomic E-state index is 5.35. The molecule has 0 bridgehead atoms. The second-order valence-electron chi connectivity index (χ2n) is 15.9. The first-order chi connectivity index (χ1) is 32.7. The lowest BCUT2D eigenvalue weighted by atomic mass is 9.87. The molecule has 0 N–H and O–H groups in total. The average Bonchev–Trinajstić information content (AvgIpc) is 3.42. The van der Waals surface area contributed by atoms with Gasteiger partial charge in [0.15, 0.2) is 11.6 Å². The average molecular weight is 845 g/mol. The van der Waals surface area contributed by atoms with Crippen LogP contribution in [0.3, 0.4) is 0 Å². The van der Waals surface area contributed by atoms with Gasteiger partial charge in [0, 0.05) is 45.8 Å². The van der Waals surface area contributed by atoms with Gasteiger partial charge in [0.1, 0.15) is 0 Å². The predicted octanol–water partition coefficient (Wildman–Crippen LogP) is 14.7. The Labute approximate surface area is 383 Å². The van der Waals surface area contributed by atoms with Gasteiger partial charge in [0.25, 0.3) is 0 Å². The summed E-state index contributed by atoms with van der Waals surface area (Å²) in [6.45, 7) is 0. The van der Waals surface area contributed by atoms with E-state index >= 15 is 0 Å². The zero-order valence-electron chi connectivity index (χ0n) is 35.8. The second-order valence-corrected chi connectivity index (χ2v) is 15.9. The fourth-order valence-corrected chi connectivity index (χ4v) is 8.43. The molecule has 4 heterocycles. The first-order valence-electron chi connectivity index (χ1n) is 21.9. The van der Waals surface area contributed by atoms with Crippen molar-refractivity contribution < 1.29 is 0 Å². The zero-order valence-corrected chi connectivity index (χ0v) is 35.8. The Hall–Kier alpha value is -9.00. The first kappa shape index (κ1) is 39.8. The van der Waals surface area contributed by atoms with Gasteiger partial charge in [-0.05, 0) is 75.8 Å². The molecule has 0 fully saturated rings. The van der Waals surface area contributed by atoms with Crippen molar-refractivity contribution in [1.82, 2.24) is 29.9 Å². The molecular weight excluding hydrogens is 805 g/mol. The van der Waals surface area contributed by atoms with Crippen LogP contribution in [0, 0.1) is 0 Å². The van der Waals surface area contributed by atoms with Crippen molar-refractivity contribution in [2.75, 3.05) is 0 Å². The smallest absolute Gasteiger partial charge is 0.161 e. The molecule has 0 saturated heterocycles. The lowest BCUT2D eigenvalue weighted by molar-refractivity contribution is 1.16. The van der Waals surface area contributed by atoms with Crippen LogP contribution in [0.25, 0.3) is 113 Å². The molecule has 11 aromatic rings. The minimum atomic E-state index is 0.598. The Bertz CT molecular complexity index is 3380. The Morgan fingerprint density at radius 2 is 0.621 bits per heavy atom. The summed E-state index contributed by atoms with van der Waals surface area (Å²) in [6, 6.07) is 79.0. The highest BCUT2D eigenvalue weighted by Crippen LogP contribution is 2.43. The van der Waals surface area contributed by atoms with Gasteiger partial charge in [-0.2, -0.15) is 0 Å². The summed E-state index contributed by atoms with van der Waals surface area (Å²) in [7, 11) is 0. The molecule has 66 heavy (non-hydrogen) atoms. The summed E-state index contributed by atoms with van der Waals surface area (Å²) < 4.78 is 0. The van der Waals surface area contributed by atoms with E-state index in [4.69, 9.17) is 29.9 Å². The summed E-state index contributed by atoms with van der Waals surface area (Å²) in [4.78, 5) is 30.5. The van der Waals surface area contributed by atoms with E-state index in [9.17, 15) is 0 Å². The minimum Gasteiger partial charge on any atom is -0.256 e. The van der Waals surface area contributed by atoms with Crippen molar-refractivity contribution in [2.24, 2.45) is 0 Å².